The van der Waals surface area contributed by atoms with Crippen LogP contribution in [0, 0.1) is 67.5 Å². The number of nitrogens with zero attached hydrogens (tertiary/aromatic N) is 10. The number of aryl methyl sites for hydroxylation is 8. The number of hydrogen-bond acceptors (Lipinski definition) is 6. The SMILES string of the molecule is Cc1cccc(C)c1-n1cnc(-c2[c-]c(N(c3[c-]c(-c4cn(-c5c(C)cccc5C)cn4)ccc3)c3ccccc3)ccc2)c1.Cc1cccc(C)c1-n1cnc(-c2cccc(N(c3ccccc3)c3cccc(-c4cn(-c5c(C)cccc5C)cn4)c3)c2)c1.[Cl][Pt]([Cl])([Cl])[Cl].[K].[K].[Pt+2]. The van der Waals surface area contributed by atoms with Gasteiger partial charge in [-0.2, -0.15) is 0 Å². The van der Waals surface area contributed by atoms with Gasteiger partial charge in [0, 0.05) is 160 Å². The molecule has 0 aliphatic rings. The van der Waals surface area contributed by atoms with Gasteiger partial charge in [0.1, 0.15) is 0 Å². The predicted octanol–water partition coefficient (Wildman–Crippen LogP) is 21.8. The molecule has 4 aromatic heterocycles. The van der Waals surface area contributed by atoms with Crippen LogP contribution >= 0.6 is 37.7 Å². The van der Waals surface area contributed by atoms with Crippen LogP contribution in [0.25, 0.3) is 67.8 Å². The van der Waals surface area contributed by atoms with Gasteiger partial charge in [0.25, 0.3) is 0 Å². The first-order chi connectivity index (χ1) is 45.9. The first-order valence-corrected chi connectivity index (χ1v) is 42.1. The van der Waals surface area contributed by atoms with Crippen molar-refractivity contribution in [3.05, 3.63) is 325 Å². The molecule has 2 radical (unpaired) electrons. The second-order valence-electron chi connectivity index (χ2n) is 23.2. The Bertz CT molecular complexity index is 4350. The molecule has 0 N–H and O–H groups in total. The van der Waals surface area contributed by atoms with Gasteiger partial charge in [-0.25, -0.2) is 9.97 Å². The van der Waals surface area contributed by atoms with Gasteiger partial charge in [-0.15, -0.1) is 59.7 Å². The van der Waals surface area contributed by atoms with Crippen molar-refractivity contribution < 1.29 is 33.0 Å². The van der Waals surface area contributed by atoms with Crippen LogP contribution in [-0.2, 0) is 33.0 Å². The number of benzene rings is 10. The van der Waals surface area contributed by atoms with Gasteiger partial charge >= 0.3 is 70.6 Å². The zero-order chi connectivity index (χ0) is 66.3. The van der Waals surface area contributed by atoms with E-state index in [0.29, 0.717) is 0 Å². The van der Waals surface area contributed by atoms with Crippen molar-refractivity contribution >= 4 is 175 Å². The summed E-state index contributed by atoms with van der Waals surface area (Å²) in [5, 5.41) is 0. The Hall–Kier alpha value is -5.55. The maximum Gasteiger partial charge on any atom is 2.00 e. The second-order valence-corrected chi connectivity index (χ2v) is 42.9. The molecular weight excluding hydrogens is 1710 g/mol. The van der Waals surface area contributed by atoms with Crippen molar-refractivity contribution in [2.24, 2.45) is 0 Å². The molecule has 488 valence electrons. The van der Waals surface area contributed by atoms with Gasteiger partial charge in [0.15, 0.2) is 0 Å². The average molecular weight is 1780 g/mol. The minimum absolute atomic E-state index is 0. The maximum absolute atomic E-state index is 5.01. The Kier molecular flexibility index (Phi) is 27.3. The van der Waals surface area contributed by atoms with Crippen LogP contribution in [-0.4, -0.2) is 141 Å². The summed E-state index contributed by atoms with van der Waals surface area (Å²) in [4.78, 5) is 23.7. The van der Waals surface area contributed by atoms with E-state index >= 15 is 0 Å². The third kappa shape index (κ3) is 18.4. The molecule has 0 bridgehead atoms. The van der Waals surface area contributed by atoms with Gasteiger partial charge in [-0.1, -0.05) is 133 Å². The number of aromatic nitrogens is 8. The van der Waals surface area contributed by atoms with Crippen LogP contribution in [0.5, 0.6) is 0 Å². The van der Waals surface area contributed by atoms with Crippen molar-refractivity contribution in [1.82, 2.24) is 38.2 Å². The Morgan fingerprint density at radius 3 is 0.878 bits per heavy atom. The Balaban J connectivity index is 0.000000209. The molecule has 0 aliphatic heterocycles. The molecule has 98 heavy (non-hydrogen) atoms. The van der Waals surface area contributed by atoms with Crippen LogP contribution in [0.2, 0.25) is 0 Å². The first-order valence-electron chi connectivity index (χ1n) is 30.8. The van der Waals surface area contributed by atoms with Gasteiger partial charge in [-0.3, -0.25) is 9.97 Å². The van der Waals surface area contributed by atoms with E-state index in [1.54, 1.807) is 0 Å². The average Bonchev–Trinajstić information content (AvgIpc) is 1.29. The van der Waals surface area contributed by atoms with Crippen molar-refractivity contribution in [1.29, 1.82) is 0 Å². The summed E-state index contributed by atoms with van der Waals surface area (Å²) in [5.74, 6) is 0. The number of imidazole rings is 4. The molecule has 18 heteroatoms. The van der Waals surface area contributed by atoms with Crippen LogP contribution in [0.1, 0.15) is 44.5 Å². The molecule has 10 nitrogen and oxygen atoms in total. The third-order valence-electron chi connectivity index (χ3n) is 16.5. The molecule has 0 fully saturated rings. The second kappa shape index (κ2) is 34.9. The van der Waals surface area contributed by atoms with E-state index in [2.05, 4.69) is 333 Å². The molecule has 14 rings (SSSR count). The number of anilines is 6. The van der Waals surface area contributed by atoms with Crippen molar-refractivity contribution in [3.8, 4) is 67.8 Å². The normalized spacial score (nSPS) is 11.0. The molecule has 10 aromatic carbocycles. The fraction of sp³-hybridized carbons (Fsp3) is 0.100. The van der Waals surface area contributed by atoms with E-state index < -0.39 is 11.9 Å². The summed E-state index contributed by atoms with van der Waals surface area (Å²) < 4.78 is 8.46. The number of hydrogen-bond donors (Lipinski definition) is 0. The fourth-order valence-corrected chi connectivity index (χ4v) is 12.3. The summed E-state index contributed by atoms with van der Waals surface area (Å²) >= 11 is -3.06. The molecule has 0 spiro atoms. The zero-order valence-electron chi connectivity index (χ0n) is 56.0. The number of rotatable bonds is 14. The minimum atomic E-state index is -3.06. The van der Waals surface area contributed by atoms with E-state index in [-0.39, 0.29) is 124 Å². The minimum Gasteiger partial charge on any atom is 0 e. The van der Waals surface area contributed by atoms with Crippen LogP contribution in [0.4, 0.5) is 34.1 Å². The van der Waals surface area contributed by atoms with E-state index in [0.717, 1.165) is 90.5 Å². The van der Waals surface area contributed by atoms with Gasteiger partial charge in [0.05, 0.1) is 59.4 Å². The zero-order valence-corrected chi connectivity index (χ0v) is 69.8. The summed E-state index contributed by atoms with van der Waals surface area (Å²) in [7, 11) is 20.0. The molecule has 0 atom stereocenters. The summed E-state index contributed by atoms with van der Waals surface area (Å²) in [6.45, 7) is 17.1. The van der Waals surface area contributed by atoms with Crippen LogP contribution in [0.3, 0.4) is 0 Å². The first kappa shape index (κ1) is 76.6. The molecule has 0 saturated carbocycles. The number of halogens is 4. The fourth-order valence-electron chi connectivity index (χ4n) is 12.3. The topological polar surface area (TPSA) is 77.8 Å². The number of para-hydroxylation sites is 6. The van der Waals surface area contributed by atoms with Gasteiger partial charge in [0.2, 0.25) is 0 Å². The summed E-state index contributed by atoms with van der Waals surface area (Å²) in [6, 6.07) is 83.2. The van der Waals surface area contributed by atoms with Crippen molar-refractivity contribution in [2.75, 3.05) is 9.80 Å². The quantitative estimate of drug-likeness (QED) is 0.0797. The Morgan fingerprint density at radius 2 is 0.561 bits per heavy atom. The maximum atomic E-state index is 5.01. The van der Waals surface area contributed by atoms with Crippen LogP contribution in [0.15, 0.2) is 268 Å². The molecule has 0 aliphatic carbocycles. The van der Waals surface area contributed by atoms with Gasteiger partial charge in [-0.05, 0) is 172 Å². The Morgan fingerprint density at radius 1 is 0.306 bits per heavy atom. The molecule has 0 unspecified atom stereocenters. The predicted molar refractivity (Wildman–Crippen MR) is 403 cm³/mol. The third-order valence-corrected chi connectivity index (χ3v) is 16.5. The smallest absolute Gasteiger partial charge is 0 e. The standard InChI is InChI=1S/C40H35N5.C40H33N5.4ClH.2K.2Pt/c2*1-28-12-8-13-29(2)39(28)43-24-37(41-26-43)32-16-10-20-35(22-32)45(34-18-6-5-7-19-34)36-21-11-17-33(23-36)38-25-44(27-42-38)40-30(3)14-9-15-31(40)4;;;;;;;;/h5-27H,1-4H3;5-21,24-27H,1-4H3;4*1H;;;;/q;-2;;;;;;;+2;+4/p-4. The molecule has 0 saturated heterocycles. The Labute approximate surface area is 693 Å². The monoisotopic (exact) mass is 1780 g/mol. The van der Waals surface area contributed by atoms with Crippen molar-refractivity contribution in [2.45, 2.75) is 55.4 Å². The summed E-state index contributed by atoms with van der Waals surface area (Å²) in [5.41, 5.74) is 27.9. The van der Waals surface area contributed by atoms with E-state index in [9.17, 15) is 0 Å². The van der Waals surface area contributed by atoms with Crippen LogP contribution < -0.4 is 9.80 Å². The summed E-state index contributed by atoms with van der Waals surface area (Å²) in [6.07, 6.45) is 16.0. The molecule has 14 aromatic rings. The van der Waals surface area contributed by atoms with E-state index in [4.69, 9.17) is 57.6 Å². The molecular formula is C80H68Cl4K2N10Pt2. The molecule has 0 amide bonds. The molecule has 4 heterocycles. The van der Waals surface area contributed by atoms with Crippen molar-refractivity contribution in [3.63, 3.8) is 0 Å². The van der Waals surface area contributed by atoms with E-state index in [1.165, 1.54) is 55.9 Å². The largest absolute Gasteiger partial charge is 2.00 e. The van der Waals surface area contributed by atoms with Gasteiger partial charge < -0.3 is 28.1 Å². The van der Waals surface area contributed by atoms with E-state index in [1.807, 2.05) is 31.4 Å².